The van der Waals surface area contributed by atoms with Gasteiger partial charge in [-0.1, -0.05) is 0 Å². The molecule has 5 heteroatoms. The minimum Gasteiger partial charge on any atom is -0.497 e. The highest BCUT2D eigenvalue weighted by Crippen LogP contribution is 2.24. The number of ether oxygens (including phenoxy) is 3. The first-order valence-electron chi connectivity index (χ1n) is 5.07. The standard InChI is InChI=1S/C13H13NO4/c1-16-11-5-9(6-12(7-11)17-2)4-10(8-14)13(15)18-3/h4-7H,1-3H3. The number of carbonyl (C=O) groups is 1. The largest absolute Gasteiger partial charge is 0.497 e. The van der Waals surface area contributed by atoms with E-state index in [0.717, 1.165) is 0 Å². The van der Waals surface area contributed by atoms with Crippen LogP contribution in [-0.2, 0) is 9.53 Å². The number of hydrogen-bond donors (Lipinski definition) is 0. The summed E-state index contributed by atoms with van der Waals surface area (Å²) in [6.45, 7) is 0. The molecule has 0 saturated carbocycles. The summed E-state index contributed by atoms with van der Waals surface area (Å²) in [5.41, 5.74) is 0.529. The minimum atomic E-state index is -0.681. The second-order valence-electron chi connectivity index (χ2n) is 3.31. The molecule has 94 valence electrons. The van der Waals surface area contributed by atoms with Crippen molar-refractivity contribution < 1.29 is 19.0 Å². The molecule has 5 nitrogen and oxygen atoms in total. The lowest BCUT2D eigenvalue weighted by Gasteiger charge is -2.06. The molecule has 1 aromatic carbocycles. The zero-order valence-corrected chi connectivity index (χ0v) is 10.4. The highest BCUT2D eigenvalue weighted by atomic mass is 16.5. The van der Waals surface area contributed by atoms with Crippen LogP contribution >= 0.6 is 0 Å². The summed E-state index contributed by atoms with van der Waals surface area (Å²) in [6, 6.07) is 6.84. The summed E-state index contributed by atoms with van der Waals surface area (Å²) in [5.74, 6) is 0.463. The molecular weight excluding hydrogens is 234 g/mol. The van der Waals surface area contributed by atoms with Gasteiger partial charge >= 0.3 is 5.97 Å². The number of esters is 1. The lowest BCUT2D eigenvalue weighted by molar-refractivity contribution is -0.135. The molecule has 0 aliphatic carbocycles. The van der Waals surface area contributed by atoms with Crippen molar-refractivity contribution in [2.45, 2.75) is 0 Å². The number of nitriles is 1. The van der Waals surface area contributed by atoms with Crippen molar-refractivity contribution in [2.75, 3.05) is 21.3 Å². The van der Waals surface area contributed by atoms with Crippen LogP contribution in [-0.4, -0.2) is 27.3 Å². The van der Waals surface area contributed by atoms with Crippen LogP contribution in [0.1, 0.15) is 5.56 Å². The third-order valence-electron chi connectivity index (χ3n) is 2.21. The predicted molar refractivity (Wildman–Crippen MR) is 65.2 cm³/mol. The van der Waals surface area contributed by atoms with E-state index in [0.29, 0.717) is 17.1 Å². The van der Waals surface area contributed by atoms with E-state index in [9.17, 15) is 4.79 Å². The summed E-state index contributed by atoms with van der Waals surface area (Å²) in [6.07, 6.45) is 1.41. The van der Waals surface area contributed by atoms with E-state index in [1.807, 2.05) is 0 Å². The molecule has 0 N–H and O–H groups in total. The van der Waals surface area contributed by atoms with Gasteiger partial charge in [-0.05, 0) is 23.8 Å². The zero-order chi connectivity index (χ0) is 13.5. The highest BCUT2D eigenvalue weighted by molar-refractivity contribution is 5.97. The monoisotopic (exact) mass is 247 g/mol. The lowest BCUT2D eigenvalue weighted by atomic mass is 10.1. The smallest absolute Gasteiger partial charge is 0.348 e. The van der Waals surface area contributed by atoms with Gasteiger partial charge in [0.15, 0.2) is 0 Å². The Morgan fingerprint density at radius 1 is 1.17 bits per heavy atom. The highest BCUT2D eigenvalue weighted by Gasteiger charge is 2.09. The van der Waals surface area contributed by atoms with Gasteiger partial charge in [0, 0.05) is 6.07 Å². The number of carbonyl (C=O) groups excluding carboxylic acids is 1. The number of hydrogen-bond acceptors (Lipinski definition) is 5. The fourth-order valence-corrected chi connectivity index (χ4v) is 1.33. The van der Waals surface area contributed by atoms with Crippen molar-refractivity contribution in [1.29, 1.82) is 5.26 Å². The summed E-state index contributed by atoms with van der Waals surface area (Å²) < 4.78 is 14.7. The maximum Gasteiger partial charge on any atom is 0.348 e. The van der Waals surface area contributed by atoms with Gasteiger partial charge in [0.2, 0.25) is 0 Å². The van der Waals surface area contributed by atoms with Gasteiger partial charge in [0.1, 0.15) is 23.1 Å². The van der Waals surface area contributed by atoms with Gasteiger partial charge in [0.25, 0.3) is 0 Å². The fraction of sp³-hybridized carbons (Fsp3) is 0.231. The van der Waals surface area contributed by atoms with Gasteiger partial charge in [-0.3, -0.25) is 0 Å². The van der Waals surface area contributed by atoms with E-state index in [1.165, 1.54) is 27.4 Å². The molecule has 0 aliphatic heterocycles. The van der Waals surface area contributed by atoms with Crippen LogP contribution in [0.3, 0.4) is 0 Å². The van der Waals surface area contributed by atoms with E-state index in [2.05, 4.69) is 4.74 Å². The van der Waals surface area contributed by atoms with E-state index in [-0.39, 0.29) is 5.57 Å². The van der Waals surface area contributed by atoms with E-state index in [1.54, 1.807) is 24.3 Å². The van der Waals surface area contributed by atoms with Gasteiger partial charge in [-0.25, -0.2) is 4.79 Å². The maximum atomic E-state index is 11.3. The van der Waals surface area contributed by atoms with Crippen molar-refractivity contribution in [3.8, 4) is 17.6 Å². The first kappa shape index (κ1) is 13.6. The molecule has 0 saturated heterocycles. The van der Waals surface area contributed by atoms with Crippen LogP contribution in [0.5, 0.6) is 11.5 Å². The van der Waals surface area contributed by atoms with E-state index < -0.39 is 5.97 Å². The van der Waals surface area contributed by atoms with Crippen LogP contribution in [0.15, 0.2) is 23.8 Å². The van der Waals surface area contributed by atoms with Crippen LogP contribution in [0.2, 0.25) is 0 Å². The van der Waals surface area contributed by atoms with Gasteiger partial charge in [0.05, 0.1) is 21.3 Å². The second kappa shape index (κ2) is 6.30. The third-order valence-corrected chi connectivity index (χ3v) is 2.21. The van der Waals surface area contributed by atoms with Crippen molar-refractivity contribution in [1.82, 2.24) is 0 Å². The Balaban J connectivity index is 3.20. The van der Waals surface area contributed by atoms with Crippen LogP contribution in [0, 0.1) is 11.3 Å². The predicted octanol–water partition coefficient (Wildman–Crippen LogP) is 1.78. The van der Waals surface area contributed by atoms with Gasteiger partial charge in [-0.15, -0.1) is 0 Å². The van der Waals surface area contributed by atoms with Crippen LogP contribution < -0.4 is 9.47 Å². The molecule has 0 radical (unpaired) electrons. The summed E-state index contributed by atoms with van der Waals surface area (Å²) in [5, 5.41) is 8.86. The molecule has 0 aromatic heterocycles. The third kappa shape index (κ3) is 3.25. The molecular formula is C13H13NO4. The Bertz CT molecular complexity index is 492. The normalized spacial score (nSPS) is 10.4. The molecule has 1 aromatic rings. The van der Waals surface area contributed by atoms with Gasteiger partial charge < -0.3 is 14.2 Å². The summed E-state index contributed by atoms with van der Waals surface area (Å²) in [4.78, 5) is 11.3. The Morgan fingerprint density at radius 3 is 2.11 bits per heavy atom. The molecule has 0 bridgehead atoms. The maximum absolute atomic E-state index is 11.3. The summed E-state index contributed by atoms with van der Waals surface area (Å²) in [7, 11) is 4.27. The van der Waals surface area contributed by atoms with Crippen molar-refractivity contribution in [3.05, 3.63) is 29.3 Å². The number of rotatable bonds is 4. The first-order valence-corrected chi connectivity index (χ1v) is 5.07. The average molecular weight is 247 g/mol. The average Bonchev–Trinajstić information content (AvgIpc) is 2.43. The topological polar surface area (TPSA) is 68.6 Å². The molecule has 0 atom stereocenters. The Morgan fingerprint density at radius 2 is 1.72 bits per heavy atom. The molecule has 0 aliphatic rings. The van der Waals surface area contributed by atoms with Crippen LogP contribution in [0.4, 0.5) is 0 Å². The zero-order valence-electron chi connectivity index (χ0n) is 10.4. The Hall–Kier alpha value is -2.48. The Labute approximate surface area is 105 Å². The number of benzene rings is 1. The molecule has 0 heterocycles. The molecule has 0 spiro atoms. The van der Waals surface area contributed by atoms with Crippen molar-refractivity contribution in [2.24, 2.45) is 0 Å². The molecule has 18 heavy (non-hydrogen) atoms. The number of methoxy groups -OCH3 is 3. The van der Waals surface area contributed by atoms with Crippen molar-refractivity contribution >= 4 is 12.0 Å². The quantitative estimate of drug-likeness (QED) is 0.461. The van der Waals surface area contributed by atoms with Crippen molar-refractivity contribution in [3.63, 3.8) is 0 Å². The molecule has 0 fully saturated rings. The fourth-order valence-electron chi connectivity index (χ4n) is 1.33. The lowest BCUT2D eigenvalue weighted by Crippen LogP contribution is -2.02. The SMILES string of the molecule is COC(=O)C(C#N)=Cc1cc(OC)cc(OC)c1. The molecule has 0 amide bonds. The number of nitrogens with zero attached hydrogens (tertiary/aromatic N) is 1. The van der Waals surface area contributed by atoms with Crippen LogP contribution in [0.25, 0.3) is 6.08 Å². The second-order valence-corrected chi connectivity index (χ2v) is 3.31. The minimum absolute atomic E-state index is 0.0900. The Kier molecular flexibility index (Phi) is 4.76. The summed E-state index contributed by atoms with van der Waals surface area (Å²) >= 11 is 0. The first-order chi connectivity index (χ1) is 8.64. The van der Waals surface area contributed by atoms with Gasteiger partial charge in [-0.2, -0.15) is 5.26 Å². The molecule has 1 rings (SSSR count). The van der Waals surface area contributed by atoms with E-state index >= 15 is 0 Å². The van der Waals surface area contributed by atoms with E-state index in [4.69, 9.17) is 14.7 Å². The molecule has 0 unspecified atom stereocenters.